The Morgan fingerprint density at radius 3 is 2.58 bits per heavy atom. The van der Waals surface area contributed by atoms with Crippen molar-refractivity contribution in [1.29, 1.82) is 0 Å². The summed E-state index contributed by atoms with van der Waals surface area (Å²) < 4.78 is 1.07. The van der Waals surface area contributed by atoms with Crippen LogP contribution in [0.15, 0.2) is 47.1 Å². The van der Waals surface area contributed by atoms with E-state index in [9.17, 15) is 0 Å². The topological polar surface area (TPSA) is 62.7 Å². The Kier molecular flexibility index (Phi) is 4.76. The van der Waals surface area contributed by atoms with Crippen LogP contribution in [0.2, 0.25) is 0 Å². The van der Waals surface area contributed by atoms with E-state index in [-0.39, 0.29) is 0 Å². The number of aromatic nitrogens is 3. The smallest absolute Gasteiger partial charge is 0.249 e. The Morgan fingerprint density at radius 1 is 0.958 bits per heavy atom. The van der Waals surface area contributed by atoms with Crippen LogP contribution in [0.5, 0.6) is 0 Å². The molecular weight excluding hydrogens is 366 g/mol. The summed E-state index contributed by atoms with van der Waals surface area (Å²) in [6.07, 6.45) is 1.61. The number of nitrogens with one attached hydrogen (secondary N) is 2. The molecule has 0 amide bonds. The maximum Gasteiger partial charge on any atom is 0.249 e. The van der Waals surface area contributed by atoms with Crippen LogP contribution in [0.1, 0.15) is 16.7 Å². The van der Waals surface area contributed by atoms with Gasteiger partial charge in [0.25, 0.3) is 0 Å². The summed E-state index contributed by atoms with van der Waals surface area (Å²) in [7, 11) is 0. The van der Waals surface area contributed by atoms with Crippen LogP contribution < -0.4 is 10.6 Å². The average Bonchev–Trinajstić information content (AvgIpc) is 2.56. The SMILES string of the molecule is Cc1cc(Nc2nncc(Nc3cccc(C)c3C)n2)ccc1Br. The van der Waals surface area contributed by atoms with E-state index in [0.717, 1.165) is 21.4 Å². The number of hydrogen-bond donors (Lipinski definition) is 2. The fourth-order valence-corrected chi connectivity index (χ4v) is 2.54. The number of nitrogens with zero attached hydrogens (tertiary/aromatic N) is 3. The van der Waals surface area contributed by atoms with E-state index in [1.165, 1.54) is 11.1 Å². The van der Waals surface area contributed by atoms with E-state index in [4.69, 9.17) is 0 Å². The maximum atomic E-state index is 4.48. The molecule has 2 N–H and O–H groups in total. The molecule has 1 aromatic heterocycles. The van der Waals surface area contributed by atoms with Gasteiger partial charge in [-0.25, -0.2) is 0 Å². The lowest BCUT2D eigenvalue weighted by Crippen LogP contribution is -2.03. The lowest BCUT2D eigenvalue weighted by molar-refractivity contribution is 0.982. The van der Waals surface area contributed by atoms with Crippen LogP contribution in [-0.4, -0.2) is 15.2 Å². The average molecular weight is 384 g/mol. The minimum Gasteiger partial charge on any atom is -0.339 e. The van der Waals surface area contributed by atoms with Gasteiger partial charge in [0.1, 0.15) is 0 Å². The van der Waals surface area contributed by atoms with Crippen molar-refractivity contribution in [2.75, 3.05) is 10.6 Å². The quantitative estimate of drug-likeness (QED) is 0.659. The normalized spacial score (nSPS) is 10.5. The third kappa shape index (κ3) is 3.71. The molecular formula is C18H18BrN5. The van der Waals surface area contributed by atoms with Crippen LogP contribution in [-0.2, 0) is 0 Å². The molecule has 0 radical (unpaired) electrons. The van der Waals surface area contributed by atoms with Crippen molar-refractivity contribution in [2.45, 2.75) is 20.8 Å². The molecule has 0 bridgehead atoms. The maximum absolute atomic E-state index is 4.48. The highest BCUT2D eigenvalue weighted by molar-refractivity contribution is 9.10. The third-order valence-corrected chi connectivity index (χ3v) is 4.73. The summed E-state index contributed by atoms with van der Waals surface area (Å²) in [5, 5.41) is 14.5. The second kappa shape index (κ2) is 6.97. The highest BCUT2D eigenvalue weighted by Crippen LogP contribution is 2.24. The molecule has 122 valence electrons. The van der Waals surface area contributed by atoms with E-state index in [1.807, 2.05) is 37.3 Å². The van der Waals surface area contributed by atoms with Gasteiger partial charge in [0, 0.05) is 15.8 Å². The Morgan fingerprint density at radius 2 is 1.79 bits per heavy atom. The van der Waals surface area contributed by atoms with Gasteiger partial charge in [-0.2, -0.15) is 10.1 Å². The molecule has 3 aromatic rings. The fourth-order valence-electron chi connectivity index (χ4n) is 2.29. The monoisotopic (exact) mass is 383 g/mol. The van der Waals surface area contributed by atoms with Gasteiger partial charge in [-0.1, -0.05) is 28.1 Å². The van der Waals surface area contributed by atoms with Crippen molar-refractivity contribution in [1.82, 2.24) is 15.2 Å². The first-order chi connectivity index (χ1) is 11.5. The molecule has 1 heterocycles. The Hall–Kier alpha value is -2.47. The number of halogens is 1. The van der Waals surface area contributed by atoms with Crippen molar-refractivity contribution in [3.05, 3.63) is 63.8 Å². The molecule has 0 aliphatic carbocycles. The number of benzene rings is 2. The van der Waals surface area contributed by atoms with E-state index < -0.39 is 0 Å². The van der Waals surface area contributed by atoms with Gasteiger partial charge in [-0.05, 0) is 61.7 Å². The minimum atomic E-state index is 0.451. The van der Waals surface area contributed by atoms with E-state index in [1.54, 1.807) is 6.20 Å². The third-order valence-electron chi connectivity index (χ3n) is 3.84. The molecule has 24 heavy (non-hydrogen) atoms. The van der Waals surface area contributed by atoms with Crippen molar-refractivity contribution >= 4 is 39.1 Å². The molecule has 3 rings (SSSR count). The Bertz CT molecular complexity index is 879. The van der Waals surface area contributed by atoms with Gasteiger partial charge in [0.05, 0.1) is 6.20 Å². The molecule has 6 heteroatoms. The summed E-state index contributed by atoms with van der Waals surface area (Å²) in [5.41, 5.74) is 5.49. The van der Waals surface area contributed by atoms with Crippen LogP contribution in [0, 0.1) is 20.8 Å². The summed E-state index contributed by atoms with van der Waals surface area (Å²) >= 11 is 3.49. The van der Waals surface area contributed by atoms with Crippen LogP contribution in [0.4, 0.5) is 23.1 Å². The Labute approximate surface area is 149 Å². The zero-order chi connectivity index (χ0) is 17.1. The lowest BCUT2D eigenvalue weighted by Gasteiger charge is -2.11. The molecule has 0 aliphatic rings. The van der Waals surface area contributed by atoms with Crippen LogP contribution in [0.3, 0.4) is 0 Å². The van der Waals surface area contributed by atoms with Crippen molar-refractivity contribution in [3.63, 3.8) is 0 Å². The van der Waals surface area contributed by atoms with Crippen molar-refractivity contribution in [3.8, 4) is 0 Å². The number of anilines is 4. The zero-order valence-electron chi connectivity index (χ0n) is 13.8. The van der Waals surface area contributed by atoms with Gasteiger partial charge < -0.3 is 10.6 Å². The first kappa shape index (κ1) is 16.4. The first-order valence-electron chi connectivity index (χ1n) is 7.59. The fraction of sp³-hybridized carbons (Fsp3) is 0.167. The van der Waals surface area contributed by atoms with Crippen molar-refractivity contribution in [2.24, 2.45) is 0 Å². The minimum absolute atomic E-state index is 0.451. The molecule has 0 saturated heterocycles. The predicted molar refractivity (Wildman–Crippen MR) is 101 cm³/mol. The summed E-state index contributed by atoms with van der Waals surface area (Å²) in [6.45, 7) is 6.20. The molecule has 0 unspecified atom stereocenters. The molecule has 0 fully saturated rings. The zero-order valence-corrected chi connectivity index (χ0v) is 15.3. The standard InChI is InChI=1S/C18H18BrN5/c1-11-5-4-6-16(13(11)3)22-17-10-20-24-18(23-17)21-14-7-8-15(19)12(2)9-14/h4-10H,1-3H3,(H2,21,22,23,24). The molecule has 2 aromatic carbocycles. The van der Waals surface area contributed by atoms with Crippen molar-refractivity contribution < 1.29 is 0 Å². The molecule has 0 atom stereocenters. The van der Waals surface area contributed by atoms with E-state index in [0.29, 0.717) is 11.8 Å². The van der Waals surface area contributed by atoms with Gasteiger partial charge in [-0.15, -0.1) is 5.10 Å². The molecule has 0 aliphatic heterocycles. The van der Waals surface area contributed by atoms with Crippen LogP contribution in [0.25, 0.3) is 0 Å². The van der Waals surface area contributed by atoms with E-state index in [2.05, 4.69) is 61.7 Å². The summed E-state index contributed by atoms with van der Waals surface area (Å²) in [4.78, 5) is 4.48. The van der Waals surface area contributed by atoms with Gasteiger partial charge in [0.15, 0.2) is 5.82 Å². The lowest BCUT2D eigenvalue weighted by atomic mass is 10.1. The second-order valence-corrected chi connectivity index (χ2v) is 6.48. The highest BCUT2D eigenvalue weighted by Gasteiger charge is 2.05. The molecule has 0 saturated carbocycles. The van der Waals surface area contributed by atoms with Gasteiger partial charge in [0.2, 0.25) is 5.95 Å². The first-order valence-corrected chi connectivity index (χ1v) is 8.38. The molecule has 0 spiro atoms. The number of aryl methyl sites for hydroxylation is 2. The largest absolute Gasteiger partial charge is 0.339 e. The Balaban J connectivity index is 1.81. The highest BCUT2D eigenvalue weighted by atomic mass is 79.9. The molecule has 5 nitrogen and oxygen atoms in total. The number of hydrogen-bond acceptors (Lipinski definition) is 5. The predicted octanol–water partition coefficient (Wildman–Crippen LogP) is 5.05. The summed E-state index contributed by atoms with van der Waals surface area (Å²) in [6, 6.07) is 12.1. The second-order valence-electron chi connectivity index (χ2n) is 5.63. The van der Waals surface area contributed by atoms with E-state index >= 15 is 0 Å². The van der Waals surface area contributed by atoms with Crippen LogP contribution >= 0.6 is 15.9 Å². The van der Waals surface area contributed by atoms with Gasteiger partial charge in [-0.3, -0.25) is 0 Å². The van der Waals surface area contributed by atoms with Gasteiger partial charge >= 0.3 is 0 Å². The number of rotatable bonds is 4. The summed E-state index contributed by atoms with van der Waals surface area (Å²) in [5.74, 6) is 1.10.